The molecule has 3 aromatic rings. The number of hydrogen-bond acceptors (Lipinski definition) is 3. The lowest BCUT2D eigenvalue weighted by molar-refractivity contribution is -0.145. The largest absolute Gasteiger partial charge is 0.469 e. The Bertz CT molecular complexity index is 780. The average molecular weight is 294 g/mol. The monoisotopic (exact) mass is 294 g/mol. The first-order valence-electron chi connectivity index (χ1n) is 7.26. The number of H-pyrrole nitrogens is 1. The summed E-state index contributed by atoms with van der Waals surface area (Å²) < 4.78 is 4.95. The van der Waals surface area contributed by atoms with Crippen LogP contribution in [0.1, 0.15) is 24.0 Å². The van der Waals surface area contributed by atoms with Gasteiger partial charge in [-0.15, -0.1) is 0 Å². The van der Waals surface area contributed by atoms with E-state index in [9.17, 15) is 4.79 Å². The Balaban J connectivity index is 2.09. The van der Waals surface area contributed by atoms with Gasteiger partial charge in [-0.1, -0.05) is 43.3 Å². The van der Waals surface area contributed by atoms with E-state index in [0.29, 0.717) is 0 Å². The molecule has 1 heterocycles. The van der Waals surface area contributed by atoms with Crippen molar-refractivity contribution in [3.63, 3.8) is 0 Å². The fourth-order valence-corrected chi connectivity index (χ4v) is 2.91. The van der Waals surface area contributed by atoms with Crippen LogP contribution in [-0.2, 0) is 9.53 Å². The molecular weight excluding hydrogens is 276 g/mol. The van der Waals surface area contributed by atoms with Gasteiger partial charge in [0.05, 0.1) is 24.7 Å². The van der Waals surface area contributed by atoms with Crippen molar-refractivity contribution < 1.29 is 9.53 Å². The maximum atomic E-state index is 12.1. The molecule has 3 rings (SSSR count). The number of hydrogen-bond donors (Lipinski definition) is 1. The van der Waals surface area contributed by atoms with E-state index in [4.69, 9.17) is 4.74 Å². The van der Waals surface area contributed by atoms with Crippen molar-refractivity contribution in [2.24, 2.45) is 5.92 Å². The Hall–Kier alpha value is -2.62. The van der Waals surface area contributed by atoms with E-state index in [2.05, 4.69) is 16.3 Å². The van der Waals surface area contributed by atoms with E-state index < -0.39 is 0 Å². The van der Waals surface area contributed by atoms with Gasteiger partial charge in [0.2, 0.25) is 0 Å². The Morgan fingerprint density at radius 3 is 2.64 bits per heavy atom. The molecule has 0 fully saturated rings. The number of esters is 1. The third-order valence-corrected chi connectivity index (χ3v) is 4.06. The zero-order chi connectivity index (χ0) is 15.5. The zero-order valence-corrected chi connectivity index (χ0v) is 12.6. The summed E-state index contributed by atoms with van der Waals surface area (Å²) in [6.45, 7) is 1.91. The summed E-state index contributed by atoms with van der Waals surface area (Å²) in [5, 5.41) is 8.04. The summed E-state index contributed by atoms with van der Waals surface area (Å²) in [5.41, 5.74) is 3.17. The molecule has 2 aromatic carbocycles. The van der Waals surface area contributed by atoms with E-state index in [1.165, 1.54) is 7.11 Å². The highest BCUT2D eigenvalue weighted by Gasteiger charge is 2.28. The molecule has 2 unspecified atom stereocenters. The number of aromatic nitrogens is 2. The van der Waals surface area contributed by atoms with Crippen molar-refractivity contribution in [2.75, 3.05) is 7.11 Å². The third-order valence-electron chi connectivity index (χ3n) is 4.06. The standard InChI is InChI=1S/C18H18N2O2/c1-12(18(21)22-2)17(13-6-4-3-5-7-13)14-8-9-16-15(10-14)11-19-20-16/h3-12,17H,1-2H3,(H,19,20). The van der Waals surface area contributed by atoms with Gasteiger partial charge in [0.1, 0.15) is 0 Å². The van der Waals surface area contributed by atoms with Crippen LogP contribution in [0.3, 0.4) is 0 Å². The topological polar surface area (TPSA) is 55.0 Å². The molecule has 4 nitrogen and oxygen atoms in total. The van der Waals surface area contributed by atoms with Crippen molar-refractivity contribution in [2.45, 2.75) is 12.8 Å². The van der Waals surface area contributed by atoms with E-state index in [1.807, 2.05) is 49.4 Å². The second-order valence-electron chi connectivity index (χ2n) is 5.42. The summed E-state index contributed by atoms with van der Waals surface area (Å²) in [4.78, 5) is 12.1. The number of benzene rings is 2. The van der Waals surface area contributed by atoms with Gasteiger partial charge < -0.3 is 4.74 Å². The molecule has 0 aliphatic carbocycles. The molecule has 4 heteroatoms. The highest BCUT2D eigenvalue weighted by Crippen LogP contribution is 2.34. The lowest BCUT2D eigenvalue weighted by Crippen LogP contribution is -2.21. The lowest BCUT2D eigenvalue weighted by atomic mass is 9.81. The van der Waals surface area contributed by atoms with Crippen LogP contribution >= 0.6 is 0 Å². The molecule has 2 atom stereocenters. The highest BCUT2D eigenvalue weighted by atomic mass is 16.5. The number of carbonyl (C=O) groups excluding carboxylic acids is 1. The molecular formula is C18H18N2O2. The Morgan fingerprint density at radius 1 is 1.14 bits per heavy atom. The first kappa shape index (κ1) is 14.3. The van der Waals surface area contributed by atoms with Gasteiger partial charge in [-0.05, 0) is 23.3 Å². The SMILES string of the molecule is COC(=O)C(C)C(c1ccccc1)c1ccc2[nH]ncc2c1. The fraction of sp³-hybridized carbons (Fsp3) is 0.222. The summed E-state index contributed by atoms with van der Waals surface area (Å²) in [7, 11) is 1.43. The maximum Gasteiger partial charge on any atom is 0.309 e. The first-order chi connectivity index (χ1) is 10.7. The van der Waals surface area contributed by atoms with Crippen molar-refractivity contribution >= 4 is 16.9 Å². The first-order valence-corrected chi connectivity index (χ1v) is 7.26. The molecule has 0 saturated carbocycles. The van der Waals surface area contributed by atoms with Crippen LogP contribution in [0.4, 0.5) is 0 Å². The number of nitrogens with zero attached hydrogens (tertiary/aromatic N) is 1. The molecule has 0 bridgehead atoms. The Morgan fingerprint density at radius 2 is 1.91 bits per heavy atom. The van der Waals surface area contributed by atoms with Crippen molar-refractivity contribution in [1.82, 2.24) is 10.2 Å². The molecule has 22 heavy (non-hydrogen) atoms. The molecule has 1 N–H and O–H groups in total. The minimum Gasteiger partial charge on any atom is -0.469 e. The number of ether oxygens (including phenoxy) is 1. The summed E-state index contributed by atoms with van der Waals surface area (Å²) in [6.07, 6.45) is 1.80. The average Bonchev–Trinajstić information content (AvgIpc) is 3.03. The van der Waals surface area contributed by atoms with Crippen LogP contribution in [0.2, 0.25) is 0 Å². The third kappa shape index (κ3) is 2.60. The Kier molecular flexibility index (Phi) is 3.92. The number of methoxy groups -OCH3 is 1. The summed E-state index contributed by atoms with van der Waals surface area (Å²) >= 11 is 0. The molecule has 1 aromatic heterocycles. The van der Waals surface area contributed by atoms with Crippen molar-refractivity contribution in [3.05, 3.63) is 65.9 Å². The van der Waals surface area contributed by atoms with Crippen LogP contribution in [0.5, 0.6) is 0 Å². The number of carbonyl (C=O) groups is 1. The number of fused-ring (bicyclic) bond motifs is 1. The van der Waals surface area contributed by atoms with Crippen molar-refractivity contribution in [3.8, 4) is 0 Å². The highest BCUT2D eigenvalue weighted by molar-refractivity contribution is 5.80. The van der Waals surface area contributed by atoms with E-state index in [0.717, 1.165) is 22.0 Å². The quantitative estimate of drug-likeness (QED) is 0.749. The minimum absolute atomic E-state index is 0.0482. The van der Waals surface area contributed by atoms with Crippen LogP contribution in [-0.4, -0.2) is 23.3 Å². The maximum absolute atomic E-state index is 12.1. The van der Waals surface area contributed by atoms with Gasteiger partial charge in [-0.3, -0.25) is 9.89 Å². The van der Waals surface area contributed by atoms with Gasteiger partial charge in [-0.25, -0.2) is 0 Å². The van der Waals surface area contributed by atoms with Crippen molar-refractivity contribution in [1.29, 1.82) is 0 Å². The van der Waals surface area contributed by atoms with Crippen LogP contribution in [0.25, 0.3) is 10.9 Å². The van der Waals surface area contributed by atoms with Crippen LogP contribution in [0.15, 0.2) is 54.7 Å². The second kappa shape index (κ2) is 6.02. The number of aromatic amines is 1. The van der Waals surface area contributed by atoms with Gasteiger partial charge in [-0.2, -0.15) is 5.10 Å². The lowest BCUT2D eigenvalue weighted by Gasteiger charge is -2.23. The molecule has 0 aliphatic rings. The van der Waals surface area contributed by atoms with E-state index in [1.54, 1.807) is 6.20 Å². The van der Waals surface area contributed by atoms with Crippen LogP contribution < -0.4 is 0 Å². The molecule has 0 radical (unpaired) electrons. The van der Waals surface area contributed by atoms with Gasteiger partial charge in [0.25, 0.3) is 0 Å². The van der Waals surface area contributed by atoms with Gasteiger partial charge >= 0.3 is 5.97 Å². The molecule has 0 saturated heterocycles. The number of nitrogens with one attached hydrogen (secondary N) is 1. The van der Waals surface area contributed by atoms with Gasteiger partial charge in [0.15, 0.2) is 0 Å². The second-order valence-corrected chi connectivity index (χ2v) is 5.42. The van der Waals surface area contributed by atoms with Crippen LogP contribution in [0, 0.1) is 5.92 Å². The van der Waals surface area contributed by atoms with E-state index >= 15 is 0 Å². The summed E-state index contributed by atoms with van der Waals surface area (Å²) in [5.74, 6) is -0.522. The Labute approximate surface area is 129 Å². The number of rotatable bonds is 4. The van der Waals surface area contributed by atoms with E-state index in [-0.39, 0.29) is 17.8 Å². The molecule has 0 amide bonds. The van der Waals surface area contributed by atoms with Gasteiger partial charge in [0, 0.05) is 11.3 Å². The smallest absolute Gasteiger partial charge is 0.309 e. The predicted molar refractivity (Wildman–Crippen MR) is 85.6 cm³/mol. The molecule has 0 aliphatic heterocycles. The fourth-order valence-electron chi connectivity index (χ4n) is 2.91. The summed E-state index contributed by atoms with van der Waals surface area (Å²) in [6, 6.07) is 16.2. The predicted octanol–water partition coefficient (Wildman–Crippen LogP) is 3.50. The normalized spacial score (nSPS) is 13.7. The zero-order valence-electron chi connectivity index (χ0n) is 12.6. The minimum atomic E-state index is -0.267. The molecule has 0 spiro atoms. The molecule has 112 valence electrons.